The second-order valence-electron chi connectivity index (χ2n) is 5.12. The smallest absolute Gasteiger partial charge is 0.170 e. The van der Waals surface area contributed by atoms with Crippen LogP contribution in [0.25, 0.3) is 0 Å². The van der Waals surface area contributed by atoms with Crippen molar-refractivity contribution >= 4 is 5.78 Å². The monoisotopic (exact) mass is 217 g/mol. The number of carbonyl (C=O) groups is 1. The predicted molar refractivity (Wildman–Crippen MR) is 65.8 cm³/mol. The summed E-state index contributed by atoms with van der Waals surface area (Å²) in [6.07, 6.45) is 0.943. The van der Waals surface area contributed by atoms with Gasteiger partial charge in [0.25, 0.3) is 0 Å². The van der Waals surface area contributed by atoms with Gasteiger partial charge in [0.05, 0.1) is 0 Å². The zero-order valence-electron chi connectivity index (χ0n) is 10.3. The third kappa shape index (κ3) is 1.90. The Morgan fingerprint density at radius 2 is 2.06 bits per heavy atom. The molecule has 0 spiro atoms. The van der Waals surface area contributed by atoms with E-state index >= 15 is 0 Å². The number of carbonyl (C=O) groups excluding carboxylic acids is 1. The molecule has 1 atom stereocenters. The molecular formula is C14H19NO. The van der Waals surface area contributed by atoms with E-state index in [-0.39, 0.29) is 11.2 Å². The zero-order chi connectivity index (χ0) is 11.8. The minimum atomic E-state index is -0.207. The maximum absolute atomic E-state index is 12.4. The number of benzene rings is 1. The van der Waals surface area contributed by atoms with Gasteiger partial charge in [-0.25, -0.2) is 0 Å². The van der Waals surface area contributed by atoms with Gasteiger partial charge in [0.2, 0.25) is 0 Å². The van der Waals surface area contributed by atoms with Crippen molar-refractivity contribution in [3.05, 3.63) is 34.9 Å². The van der Waals surface area contributed by atoms with Crippen molar-refractivity contribution in [2.24, 2.45) is 5.41 Å². The van der Waals surface area contributed by atoms with Gasteiger partial charge in [-0.1, -0.05) is 19.1 Å². The third-order valence-electron chi connectivity index (χ3n) is 3.69. The number of rotatable bonds is 2. The van der Waals surface area contributed by atoms with Crippen molar-refractivity contribution in [3.8, 4) is 0 Å². The molecule has 0 bridgehead atoms. The Balaban J connectivity index is 2.30. The second kappa shape index (κ2) is 4.02. The van der Waals surface area contributed by atoms with Gasteiger partial charge in [0.15, 0.2) is 5.78 Å². The summed E-state index contributed by atoms with van der Waals surface area (Å²) in [5.74, 6) is 0.278. The molecule has 86 valence electrons. The molecule has 1 heterocycles. The normalized spacial score (nSPS) is 24.7. The Labute approximate surface area is 97.1 Å². The van der Waals surface area contributed by atoms with Crippen molar-refractivity contribution < 1.29 is 4.79 Å². The summed E-state index contributed by atoms with van der Waals surface area (Å²) in [4.78, 5) is 12.4. The molecule has 1 aliphatic heterocycles. The van der Waals surface area contributed by atoms with Crippen LogP contribution in [0.3, 0.4) is 0 Å². The van der Waals surface area contributed by atoms with Crippen LogP contribution in [0.2, 0.25) is 0 Å². The quantitative estimate of drug-likeness (QED) is 0.771. The largest absolute Gasteiger partial charge is 0.316 e. The molecule has 1 unspecified atom stereocenters. The standard InChI is InChI=1S/C14H19NO/c1-10-4-5-12(8-11(10)2)13(16)14(3)6-7-15-9-14/h4-5,8,15H,6-7,9H2,1-3H3. The molecular weight excluding hydrogens is 198 g/mol. The minimum absolute atomic E-state index is 0.207. The SMILES string of the molecule is Cc1ccc(C(=O)C2(C)CCNC2)cc1C. The van der Waals surface area contributed by atoms with E-state index in [0.29, 0.717) is 0 Å². The molecule has 1 N–H and O–H groups in total. The van der Waals surface area contributed by atoms with Crippen molar-refractivity contribution in [3.63, 3.8) is 0 Å². The summed E-state index contributed by atoms with van der Waals surface area (Å²) in [7, 11) is 0. The van der Waals surface area contributed by atoms with Crippen LogP contribution >= 0.6 is 0 Å². The molecule has 16 heavy (non-hydrogen) atoms. The van der Waals surface area contributed by atoms with Crippen LogP contribution in [-0.4, -0.2) is 18.9 Å². The minimum Gasteiger partial charge on any atom is -0.316 e. The van der Waals surface area contributed by atoms with Crippen molar-refractivity contribution in [2.75, 3.05) is 13.1 Å². The first-order valence-corrected chi connectivity index (χ1v) is 5.86. The number of aryl methyl sites for hydroxylation is 2. The predicted octanol–water partition coefficient (Wildman–Crippen LogP) is 2.49. The molecule has 0 saturated carbocycles. The van der Waals surface area contributed by atoms with E-state index in [4.69, 9.17) is 0 Å². The average molecular weight is 217 g/mol. The van der Waals surface area contributed by atoms with Gasteiger partial charge < -0.3 is 5.32 Å². The number of nitrogens with one attached hydrogen (secondary N) is 1. The highest BCUT2D eigenvalue weighted by atomic mass is 16.1. The maximum Gasteiger partial charge on any atom is 0.170 e. The molecule has 2 nitrogen and oxygen atoms in total. The van der Waals surface area contributed by atoms with Gasteiger partial charge in [0.1, 0.15) is 0 Å². The van der Waals surface area contributed by atoms with Crippen LogP contribution in [0.4, 0.5) is 0 Å². The molecule has 0 amide bonds. The molecule has 0 aromatic heterocycles. The lowest BCUT2D eigenvalue weighted by atomic mass is 9.81. The van der Waals surface area contributed by atoms with Crippen LogP contribution < -0.4 is 5.32 Å². The van der Waals surface area contributed by atoms with E-state index in [2.05, 4.69) is 26.1 Å². The van der Waals surface area contributed by atoms with Crippen molar-refractivity contribution in [1.29, 1.82) is 0 Å². The fourth-order valence-electron chi connectivity index (χ4n) is 2.24. The number of ketones is 1. The summed E-state index contributed by atoms with van der Waals surface area (Å²) in [6.45, 7) is 7.94. The van der Waals surface area contributed by atoms with E-state index in [1.54, 1.807) is 0 Å². The Morgan fingerprint density at radius 3 is 2.62 bits per heavy atom. The Morgan fingerprint density at radius 1 is 1.31 bits per heavy atom. The van der Waals surface area contributed by atoms with E-state index < -0.39 is 0 Å². The van der Waals surface area contributed by atoms with Crippen LogP contribution in [0.15, 0.2) is 18.2 Å². The van der Waals surface area contributed by atoms with E-state index in [1.807, 2.05) is 18.2 Å². The fraction of sp³-hybridized carbons (Fsp3) is 0.500. The highest BCUT2D eigenvalue weighted by Crippen LogP contribution is 2.29. The lowest BCUT2D eigenvalue weighted by Gasteiger charge is -2.21. The third-order valence-corrected chi connectivity index (χ3v) is 3.69. The first-order chi connectivity index (χ1) is 7.53. The van der Waals surface area contributed by atoms with Gasteiger partial charge in [0, 0.05) is 17.5 Å². The van der Waals surface area contributed by atoms with Crippen LogP contribution in [-0.2, 0) is 0 Å². The van der Waals surface area contributed by atoms with E-state index in [9.17, 15) is 4.79 Å². The summed E-state index contributed by atoms with van der Waals surface area (Å²) in [5.41, 5.74) is 3.09. The topological polar surface area (TPSA) is 29.1 Å². The second-order valence-corrected chi connectivity index (χ2v) is 5.12. The number of hydrogen-bond acceptors (Lipinski definition) is 2. The van der Waals surface area contributed by atoms with Gasteiger partial charge in [-0.05, 0) is 44.0 Å². The highest BCUT2D eigenvalue weighted by Gasteiger charge is 2.36. The molecule has 1 saturated heterocycles. The molecule has 1 fully saturated rings. The molecule has 1 aromatic rings. The molecule has 2 heteroatoms. The van der Waals surface area contributed by atoms with E-state index in [0.717, 1.165) is 25.1 Å². The summed E-state index contributed by atoms with van der Waals surface area (Å²) < 4.78 is 0. The van der Waals surface area contributed by atoms with Crippen molar-refractivity contribution in [2.45, 2.75) is 27.2 Å². The van der Waals surface area contributed by atoms with Crippen molar-refractivity contribution in [1.82, 2.24) is 5.32 Å². The Bertz CT molecular complexity index is 417. The summed E-state index contributed by atoms with van der Waals surface area (Å²) in [6, 6.07) is 6.00. The van der Waals surface area contributed by atoms with Gasteiger partial charge >= 0.3 is 0 Å². The summed E-state index contributed by atoms with van der Waals surface area (Å²) >= 11 is 0. The fourth-order valence-corrected chi connectivity index (χ4v) is 2.24. The van der Waals surface area contributed by atoms with E-state index in [1.165, 1.54) is 11.1 Å². The number of hydrogen-bond donors (Lipinski definition) is 1. The maximum atomic E-state index is 12.4. The van der Waals surface area contributed by atoms with Crippen LogP contribution in [0.1, 0.15) is 34.8 Å². The number of Topliss-reactive ketones (excluding diaryl/α,β-unsaturated/α-hetero) is 1. The van der Waals surface area contributed by atoms with Crippen LogP contribution in [0.5, 0.6) is 0 Å². The zero-order valence-corrected chi connectivity index (χ0v) is 10.3. The molecule has 0 aliphatic carbocycles. The van der Waals surface area contributed by atoms with Crippen LogP contribution in [0, 0.1) is 19.3 Å². The van der Waals surface area contributed by atoms with Gasteiger partial charge in [-0.15, -0.1) is 0 Å². The first kappa shape index (κ1) is 11.3. The lowest BCUT2D eigenvalue weighted by Crippen LogP contribution is -2.30. The Hall–Kier alpha value is -1.15. The molecule has 1 aromatic carbocycles. The van der Waals surface area contributed by atoms with Gasteiger partial charge in [-0.2, -0.15) is 0 Å². The first-order valence-electron chi connectivity index (χ1n) is 5.86. The molecule has 2 rings (SSSR count). The Kier molecular flexibility index (Phi) is 2.85. The lowest BCUT2D eigenvalue weighted by molar-refractivity contribution is 0.0839. The van der Waals surface area contributed by atoms with Gasteiger partial charge in [-0.3, -0.25) is 4.79 Å². The molecule has 1 aliphatic rings. The highest BCUT2D eigenvalue weighted by molar-refractivity contribution is 6.00. The summed E-state index contributed by atoms with van der Waals surface area (Å²) in [5, 5.41) is 3.27. The average Bonchev–Trinajstić information content (AvgIpc) is 2.70. The molecule has 0 radical (unpaired) electrons.